The standard InChI is InChI=1S/C57H83N9O17S/c1-4-45(72)42(21-32(2)3)63-53(79)37(29-68)26-47(74)43(23-34-13-17-39(71)18-14-34)64-52(78)35(22-33-11-15-38(70)16-12-33)24-48(75)44(30-69)65-54(80)36(28-67)25-46(73)41(9-8-19-61-57(59)60)62-50(76)10-6-5-7-20-66-51(77)27-49(55(66)81)84-31-40(58)56(82)83/h11-18,32,35-37,40-44,49,67-71H,4-10,19-31,58H2,1-3H3,(H,62,76)(H,63,79)(H,64,78)(H,65,80)(H,82,83)(H4,59,60,61). The molecule has 0 radical (unpaired) electrons. The summed E-state index contributed by atoms with van der Waals surface area (Å²) in [5.41, 5.74) is 17.3. The van der Waals surface area contributed by atoms with Gasteiger partial charge in [0.1, 0.15) is 23.6 Å². The Labute approximate surface area is 491 Å². The van der Waals surface area contributed by atoms with E-state index in [1.807, 2.05) is 13.8 Å². The lowest BCUT2D eigenvalue weighted by atomic mass is 9.89. The number of aromatic hydroxyl groups is 2. The van der Waals surface area contributed by atoms with Gasteiger partial charge in [-0.05, 0) is 86.3 Å². The van der Waals surface area contributed by atoms with Gasteiger partial charge in [-0.3, -0.25) is 62.6 Å². The third kappa shape index (κ3) is 24.5. The molecular weight excluding hydrogens is 1110 g/mol. The van der Waals surface area contributed by atoms with E-state index in [0.29, 0.717) is 30.4 Å². The Bertz CT molecular complexity index is 2600. The molecule has 26 nitrogen and oxygen atoms in total. The molecule has 3 rings (SSSR count). The molecule has 84 heavy (non-hydrogen) atoms. The molecule has 1 fully saturated rings. The number of carbonyl (C=O) groups is 11. The summed E-state index contributed by atoms with van der Waals surface area (Å²) in [6.45, 7) is 2.79. The summed E-state index contributed by atoms with van der Waals surface area (Å²) in [6.07, 6.45) is -0.812. The zero-order valence-electron chi connectivity index (χ0n) is 47.7. The highest BCUT2D eigenvalue weighted by Crippen LogP contribution is 2.27. The number of carbonyl (C=O) groups excluding carboxylic acids is 10. The highest BCUT2D eigenvalue weighted by molar-refractivity contribution is 8.00. The van der Waals surface area contributed by atoms with E-state index >= 15 is 0 Å². The van der Waals surface area contributed by atoms with Crippen LogP contribution in [0, 0.1) is 23.7 Å². The lowest BCUT2D eigenvalue weighted by Gasteiger charge is -2.26. The third-order valence-corrected chi connectivity index (χ3v) is 15.3. The van der Waals surface area contributed by atoms with E-state index in [1.54, 1.807) is 6.92 Å². The van der Waals surface area contributed by atoms with Gasteiger partial charge in [-0.1, -0.05) is 51.5 Å². The Hall–Kier alpha value is -7.33. The van der Waals surface area contributed by atoms with Crippen molar-refractivity contribution in [1.82, 2.24) is 26.2 Å². The molecule has 2 aromatic carbocycles. The Morgan fingerprint density at radius 2 is 1.17 bits per heavy atom. The molecule has 0 aliphatic carbocycles. The van der Waals surface area contributed by atoms with Gasteiger partial charge in [0, 0.05) is 63.3 Å². The molecule has 1 aliphatic rings. The van der Waals surface area contributed by atoms with Gasteiger partial charge in [0.05, 0.1) is 55.0 Å². The number of hydrogen-bond acceptors (Lipinski definition) is 19. The molecule has 9 unspecified atom stereocenters. The van der Waals surface area contributed by atoms with Crippen LogP contribution in [-0.2, 0) is 65.6 Å². The van der Waals surface area contributed by atoms with Crippen molar-refractivity contribution in [3.63, 3.8) is 0 Å². The van der Waals surface area contributed by atoms with Gasteiger partial charge in [0.15, 0.2) is 29.1 Å². The van der Waals surface area contributed by atoms with Gasteiger partial charge in [-0.15, -0.1) is 11.8 Å². The second-order valence-electron chi connectivity index (χ2n) is 21.3. The van der Waals surface area contributed by atoms with Crippen LogP contribution in [-0.4, -0.2) is 180 Å². The van der Waals surface area contributed by atoms with E-state index in [-0.39, 0.29) is 99.4 Å². The molecule has 2 aromatic rings. The van der Waals surface area contributed by atoms with E-state index in [2.05, 4.69) is 26.3 Å². The molecule has 0 aromatic heterocycles. The van der Waals surface area contributed by atoms with Crippen molar-refractivity contribution in [2.75, 3.05) is 38.7 Å². The van der Waals surface area contributed by atoms with E-state index in [1.165, 1.54) is 48.5 Å². The molecule has 0 bridgehead atoms. The molecule has 464 valence electrons. The third-order valence-electron chi connectivity index (χ3n) is 14.0. The number of unbranched alkanes of at least 4 members (excludes halogenated alkanes) is 2. The number of aliphatic carboxylic acids is 1. The average molecular weight is 1200 g/mol. The van der Waals surface area contributed by atoms with Crippen LogP contribution in [0.25, 0.3) is 0 Å². The quantitative estimate of drug-likeness (QED) is 0.0172. The Balaban J connectivity index is 1.76. The van der Waals surface area contributed by atoms with Gasteiger partial charge in [0.2, 0.25) is 35.4 Å². The average Bonchev–Trinajstić information content (AvgIpc) is 3.75. The number of Topliss-reactive ketones (excluding diaryl/α,β-unsaturated/α-hetero) is 4. The van der Waals surface area contributed by atoms with E-state index in [4.69, 9.17) is 22.3 Å². The summed E-state index contributed by atoms with van der Waals surface area (Å²) in [7, 11) is 0. The van der Waals surface area contributed by atoms with Crippen molar-refractivity contribution < 1.29 is 83.4 Å². The van der Waals surface area contributed by atoms with Crippen LogP contribution in [0.1, 0.15) is 109 Å². The van der Waals surface area contributed by atoms with Crippen LogP contribution < -0.4 is 38.5 Å². The zero-order chi connectivity index (χ0) is 62.6. The fourth-order valence-electron chi connectivity index (χ4n) is 9.13. The zero-order valence-corrected chi connectivity index (χ0v) is 48.6. The minimum absolute atomic E-state index is 0.00208. The first-order valence-corrected chi connectivity index (χ1v) is 29.0. The lowest BCUT2D eigenvalue weighted by Crippen LogP contribution is -2.50. The van der Waals surface area contributed by atoms with E-state index < -0.39 is 151 Å². The van der Waals surface area contributed by atoms with Crippen molar-refractivity contribution in [2.45, 2.75) is 146 Å². The van der Waals surface area contributed by atoms with Crippen LogP contribution >= 0.6 is 11.8 Å². The number of aliphatic hydroxyl groups is 3. The number of nitrogens with one attached hydrogen (secondary N) is 4. The number of aliphatic imine (C=N–C) groups is 1. The Morgan fingerprint density at radius 3 is 1.69 bits per heavy atom. The summed E-state index contributed by atoms with van der Waals surface area (Å²) < 4.78 is 0. The smallest absolute Gasteiger partial charge is 0.321 e. The summed E-state index contributed by atoms with van der Waals surface area (Å²) >= 11 is 0.995. The van der Waals surface area contributed by atoms with Crippen molar-refractivity contribution >= 4 is 82.3 Å². The number of ketones is 4. The number of imide groups is 1. The normalized spacial score (nSPS) is 16.0. The van der Waals surface area contributed by atoms with Crippen LogP contribution in [0.4, 0.5) is 0 Å². The summed E-state index contributed by atoms with van der Waals surface area (Å²) in [5, 5.41) is 69.8. The highest BCUT2D eigenvalue weighted by atomic mass is 32.2. The van der Waals surface area contributed by atoms with Crippen LogP contribution in [0.2, 0.25) is 0 Å². The first-order valence-electron chi connectivity index (χ1n) is 28.0. The van der Waals surface area contributed by atoms with Crippen LogP contribution in [0.15, 0.2) is 53.5 Å². The minimum atomic E-state index is -1.70. The maximum absolute atomic E-state index is 14.5. The number of guanidine groups is 1. The van der Waals surface area contributed by atoms with E-state index in [0.717, 1.165) is 16.7 Å². The summed E-state index contributed by atoms with van der Waals surface area (Å²) in [5.74, 6) is -12.5. The molecule has 27 heteroatoms. The van der Waals surface area contributed by atoms with Crippen molar-refractivity contribution in [3.8, 4) is 11.5 Å². The predicted octanol–water partition coefficient (Wildman–Crippen LogP) is -0.563. The van der Waals surface area contributed by atoms with Gasteiger partial charge >= 0.3 is 5.97 Å². The highest BCUT2D eigenvalue weighted by Gasteiger charge is 2.39. The maximum Gasteiger partial charge on any atom is 0.321 e. The fourth-order valence-corrected chi connectivity index (χ4v) is 10.2. The molecule has 1 aliphatic heterocycles. The minimum Gasteiger partial charge on any atom is -0.508 e. The van der Waals surface area contributed by atoms with E-state index in [9.17, 15) is 78.3 Å². The second kappa shape index (κ2) is 36.4. The second-order valence-corrected chi connectivity index (χ2v) is 22.5. The number of thioether (sulfide) groups is 1. The first-order chi connectivity index (χ1) is 39.8. The first kappa shape index (κ1) is 70.9. The largest absolute Gasteiger partial charge is 0.508 e. The number of rotatable bonds is 41. The van der Waals surface area contributed by atoms with Crippen molar-refractivity contribution in [3.05, 3.63) is 59.7 Å². The van der Waals surface area contributed by atoms with Crippen molar-refractivity contribution in [2.24, 2.45) is 45.9 Å². The molecule has 0 spiro atoms. The maximum atomic E-state index is 14.5. The number of carboxylic acids is 1. The predicted molar refractivity (Wildman–Crippen MR) is 308 cm³/mol. The molecule has 16 N–H and O–H groups in total. The molecule has 6 amide bonds. The Morgan fingerprint density at radius 1 is 0.655 bits per heavy atom. The number of nitrogens with two attached hydrogens (primary N) is 3. The molecular formula is C57H83N9O17S. The number of likely N-dealkylation sites (tertiary alicyclic amines) is 1. The summed E-state index contributed by atoms with van der Waals surface area (Å²) in [6, 6.07) is 4.98. The molecule has 0 saturated carbocycles. The monoisotopic (exact) mass is 1200 g/mol. The number of phenols is 2. The van der Waals surface area contributed by atoms with Gasteiger partial charge < -0.3 is 69.1 Å². The van der Waals surface area contributed by atoms with Gasteiger partial charge in [-0.25, -0.2) is 0 Å². The number of aliphatic hydroxyl groups excluding tert-OH is 3. The lowest BCUT2D eigenvalue weighted by molar-refractivity contribution is -0.139. The number of nitrogens with zero attached hydrogens (tertiary/aromatic N) is 2. The van der Waals surface area contributed by atoms with Crippen LogP contribution in [0.3, 0.4) is 0 Å². The molecule has 1 saturated heterocycles. The SMILES string of the molecule is CCC(=O)C(CC(C)C)NC(=O)C(CO)CC(=O)C(Cc1ccc(O)cc1)NC(=O)C(CC(=O)C(CO)NC(=O)C(CO)CC(=O)C(CCCN=C(N)N)NC(=O)CCCCCN1C(=O)CC(SCC(N)C(=O)O)C1=O)Cc1ccc(O)cc1. The number of amides is 6. The Kier molecular flexibility index (Phi) is 30.7. The number of carboxylic acid groups (broad SMARTS) is 1. The number of hydrogen-bond donors (Lipinski definition) is 13. The fraction of sp³-hybridized carbons (Fsp3) is 0.579. The number of benzene rings is 2. The van der Waals surface area contributed by atoms with Gasteiger partial charge in [0.25, 0.3) is 0 Å². The molecule has 1 heterocycles. The summed E-state index contributed by atoms with van der Waals surface area (Å²) in [4.78, 5) is 151. The topological polar surface area (TPSA) is 451 Å². The van der Waals surface area contributed by atoms with Gasteiger partial charge in [-0.2, -0.15) is 0 Å². The van der Waals surface area contributed by atoms with Crippen LogP contribution in [0.5, 0.6) is 11.5 Å². The van der Waals surface area contributed by atoms with Crippen molar-refractivity contribution in [1.29, 1.82) is 0 Å². The number of phenolic OH excluding ortho intramolecular Hbond substituents is 2. The molecule has 9 atom stereocenters.